The molecule has 0 saturated heterocycles. The first-order valence-corrected chi connectivity index (χ1v) is 7.27. The molecule has 0 amide bonds. The molecule has 0 aliphatic rings. The maximum absolute atomic E-state index is 5.56. The van der Waals surface area contributed by atoms with Crippen LogP contribution in [0.5, 0.6) is 5.75 Å². The predicted molar refractivity (Wildman–Crippen MR) is 85.9 cm³/mol. The van der Waals surface area contributed by atoms with Crippen LogP contribution in [0.25, 0.3) is 21.2 Å². The van der Waals surface area contributed by atoms with Gasteiger partial charge in [0.25, 0.3) is 0 Å². The largest absolute Gasteiger partial charge is 0.496 e. The van der Waals surface area contributed by atoms with Crippen molar-refractivity contribution in [2.45, 2.75) is 6.92 Å². The average molecular weight is 284 g/mol. The fourth-order valence-electron chi connectivity index (χ4n) is 2.39. The normalized spacial score (nSPS) is 10.8. The van der Waals surface area contributed by atoms with E-state index in [1.807, 2.05) is 20.0 Å². The fraction of sp³-hybridized carbons (Fsp3) is 0.188. The maximum atomic E-state index is 5.56. The van der Waals surface area contributed by atoms with Crippen LogP contribution in [0.4, 0.5) is 5.13 Å². The number of hydrogen-bond acceptors (Lipinski definition) is 4. The number of aromatic nitrogens is 1. The van der Waals surface area contributed by atoms with Crippen LogP contribution in [-0.2, 0) is 0 Å². The summed E-state index contributed by atoms with van der Waals surface area (Å²) in [6.07, 6.45) is 0. The number of ether oxygens (including phenoxy) is 1. The van der Waals surface area contributed by atoms with Crippen LogP contribution in [0.1, 0.15) is 5.69 Å². The summed E-state index contributed by atoms with van der Waals surface area (Å²) in [6.45, 7) is 2.04. The molecule has 1 N–H and O–H groups in total. The van der Waals surface area contributed by atoms with Crippen LogP contribution in [0.2, 0.25) is 0 Å². The maximum Gasteiger partial charge on any atom is 0.183 e. The van der Waals surface area contributed by atoms with Gasteiger partial charge in [0.1, 0.15) is 5.75 Å². The first-order valence-electron chi connectivity index (χ1n) is 6.46. The molecule has 0 bridgehead atoms. The molecule has 0 atom stereocenters. The Kier molecular flexibility index (Phi) is 3.32. The Labute approximate surface area is 122 Å². The third-order valence-corrected chi connectivity index (χ3v) is 4.54. The van der Waals surface area contributed by atoms with Gasteiger partial charge in [-0.3, -0.25) is 0 Å². The van der Waals surface area contributed by atoms with Gasteiger partial charge in [-0.1, -0.05) is 41.7 Å². The number of nitrogens with one attached hydrogen (secondary N) is 1. The van der Waals surface area contributed by atoms with Gasteiger partial charge in [-0.2, -0.15) is 0 Å². The molecule has 0 saturated carbocycles. The van der Waals surface area contributed by atoms with Crippen molar-refractivity contribution < 1.29 is 4.74 Å². The number of rotatable bonds is 3. The molecule has 4 heteroatoms. The molecule has 0 aliphatic carbocycles. The van der Waals surface area contributed by atoms with E-state index in [1.165, 1.54) is 10.8 Å². The van der Waals surface area contributed by atoms with E-state index in [1.54, 1.807) is 18.4 Å². The van der Waals surface area contributed by atoms with Gasteiger partial charge in [0, 0.05) is 12.6 Å². The highest BCUT2D eigenvalue weighted by Gasteiger charge is 2.16. The summed E-state index contributed by atoms with van der Waals surface area (Å²) < 4.78 is 5.56. The quantitative estimate of drug-likeness (QED) is 0.777. The molecule has 0 aliphatic heterocycles. The molecule has 2 aromatic carbocycles. The van der Waals surface area contributed by atoms with Gasteiger partial charge in [-0.05, 0) is 23.8 Å². The first-order chi connectivity index (χ1) is 9.74. The van der Waals surface area contributed by atoms with Crippen molar-refractivity contribution in [2.75, 3.05) is 19.5 Å². The second-order valence-corrected chi connectivity index (χ2v) is 5.55. The molecule has 0 spiro atoms. The summed E-state index contributed by atoms with van der Waals surface area (Å²) in [5.41, 5.74) is 2.15. The Morgan fingerprint density at radius 3 is 2.65 bits per heavy atom. The number of fused-ring (bicyclic) bond motifs is 1. The standard InChI is InChI=1S/C16H16N2OS/c1-10-15(20-16(17-2)18-10)14-12-7-5-4-6-11(12)8-9-13(14)19-3/h4-9H,1-3H3,(H,17,18). The van der Waals surface area contributed by atoms with E-state index < -0.39 is 0 Å². The molecule has 20 heavy (non-hydrogen) atoms. The minimum atomic E-state index is 0.887. The number of nitrogens with zero attached hydrogens (tertiary/aromatic N) is 1. The third kappa shape index (κ3) is 2.02. The zero-order chi connectivity index (χ0) is 14.1. The minimum absolute atomic E-state index is 0.887. The fourth-order valence-corrected chi connectivity index (χ4v) is 3.38. The predicted octanol–water partition coefficient (Wildman–Crippen LogP) is 4.32. The zero-order valence-corrected chi connectivity index (χ0v) is 12.5. The highest BCUT2D eigenvalue weighted by atomic mass is 32.1. The highest BCUT2D eigenvalue weighted by Crippen LogP contribution is 2.42. The lowest BCUT2D eigenvalue weighted by Gasteiger charge is -2.11. The average Bonchev–Trinajstić information content (AvgIpc) is 2.86. The lowest BCUT2D eigenvalue weighted by Crippen LogP contribution is -1.89. The van der Waals surface area contributed by atoms with Crippen molar-refractivity contribution in [3.63, 3.8) is 0 Å². The second-order valence-electron chi connectivity index (χ2n) is 4.55. The van der Waals surface area contributed by atoms with Crippen LogP contribution in [-0.4, -0.2) is 19.1 Å². The molecule has 3 aromatic rings. The molecule has 3 nitrogen and oxygen atoms in total. The van der Waals surface area contributed by atoms with Crippen molar-refractivity contribution >= 4 is 27.2 Å². The summed E-state index contributed by atoms with van der Waals surface area (Å²) in [4.78, 5) is 5.70. The van der Waals surface area contributed by atoms with Gasteiger partial charge in [0.05, 0.1) is 17.7 Å². The van der Waals surface area contributed by atoms with Crippen molar-refractivity contribution in [1.82, 2.24) is 4.98 Å². The van der Waals surface area contributed by atoms with E-state index in [9.17, 15) is 0 Å². The van der Waals surface area contributed by atoms with E-state index in [0.29, 0.717) is 0 Å². The number of hydrogen-bond donors (Lipinski definition) is 1. The molecule has 0 unspecified atom stereocenters. The van der Waals surface area contributed by atoms with Crippen LogP contribution in [0, 0.1) is 6.92 Å². The summed E-state index contributed by atoms with van der Waals surface area (Å²) in [5.74, 6) is 0.887. The summed E-state index contributed by atoms with van der Waals surface area (Å²) in [7, 11) is 3.60. The summed E-state index contributed by atoms with van der Waals surface area (Å²) >= 11 is 1.65. The number of benzene rings is 2. The van der Waals surface area contributed by atoms with Gasteiger partial charge in [0.2, 0.25) is 0 Å². The topological polar surface area (TPSA) is 34.2 Å². The summed E-state index contributed by atoms with van der Waals surface area (Å²) in [5, 5.41) is 6.44. The molecular formula is C16H16N2OS. The Bertz CT molecular complexity index is 764. The van der Waals surface area contributed by atoms with Gasteiger partial charge in [0.15, 0.2) is 5.13 Å². The van der Waals surface area contributed by atoms with Crippen LogP contribution >= 0.6 is 11.3 Å². The van der Waals surface area contributed by atoms with Crippen LogP contribution < -0.4 is 10.1 Å². The molecule has 0 fully saturated rings. The van der Waals surface area contributed by atoms with Gasteiger partial charge in [-0.25, -0.2) is 4.98 Å². The smallest absolute Gasteiger partial charge is 0.183 e. The lowest BCUT2D eigenvalue weighted by molar-refractivity contribution is 0.417. The van der Waals surface area contributed by atoms with E-state index in [0.717, 1.165) is 27.0 Å². The van der Waals surface area contributed by atoms with Crippen molar-refractivity contribution in [3.8, 4) is 16.2 Å². The van der Waals surface area contributed by atoms with Gasteiger partial charge < -0.3 is 10.1 Å². The Balaban J connectivity index is 2.35. The van der Waals surface area contributed by atoms with E-state index >= 15 is 0 Å². The molecule has 1 aromatic heterocycles. The van der Waals surface area contributed by atoms with Crippen molar-refractivity contribution in [3.05, 3.63) is 42.1 Å². The minimum Gasteiger partial charge on any atom is -0.496 e. The van der Waals surface area contributed by atoms with E-state index in [2.05, 4.69) is 40.6 Å². The number of aryl methyl sites for hydroxylation is 1. The Morgan fingerprint density at radius 2 is 1.95 bits per heavy atom. The molecular weight excluding hydrogens is 268 g/mol. The van der Waals surface area contributed by atoms with Crippen molar-refractivity contribution in [1.29, 1.82) is 0 Å². The molecule has 1 heterocycles. The van der Waals surface area contributed by atoms with Crippen LogP contribution in [0.3, 0.4) is 0 Å². The Morgan fingerprint density at radius 1 is 1.15 bits per heavy atom. The van der Waals surface area contributed by atoms with Crippen molar-refractivity contribution in [2.24, 2.45) is 0 Å². The highest BCUT2D eigenvalue weighted by molar-refractivity contribution is 7.19. The molecule has 102 valence electrons. The Hall–Kier alpha value is -2.07. The lowest BCUT2D eigenvalue weighted by atomic mass is 10.0. The third-order valence-electron chi connectivity index (χ3n) is 3.35. The van der Waals surface area contributed by atoms with Gasteiger partial charge >= 0.3 is 0 Å². The zero-order valence-electron chi connectivity index (χ0n) is 11.7. The number of methoxy groups -OCH3 is 1. The SMILES string of the molecule is CNc1nc(C)c(-c2c(OC)ccc3ccccc23)s1. The van der Waals surface area contributed by atoms with E-state index in [4.69, 9.17) is 4.74 Å². The molecule has 3 rings (SSSR count). The number of thiazole rings is 1. The summed E-state index contributed by atoms with van der Waals surface area (Å²) in [6, 6.07) is 12.5. The van der Waals surface area contributed by atoms with Gasteiger partial charge in [-0.15, -0.1) is 0 Å². The second kappa shape index (κ2) is 5.13. The number of anilines is 1. The molecule has 0 radical (unpaired) electrons. The van der Waals surface area contributed by atoms with Crippen LogP contribution in [0.15, 0.2) is 36.4 Å². The monoisotopic (exact) mass is 284 g/mol. The van der Waals surface area contributed by atoms with E-state index in [-0.39, 0.29) is 0 Å². The first kappa shape index (κ1) is 12.9.